The number of aromatic amines is 1. The van der Waals surface area contributed by atoms with Crippen molar-refractivity contribution < 1.29 is 9.47 Å². The van der Waals surface area contributed by atoms with Gasteiger partial charge in [-0.1, -0.05) is 37.0 Å². The highest BCUT2D eigenvalue weighted by atomic mass is 35.5. The van der Waals surface area contributed by atoms with E-state index in [0.717, 1.165) is 24.0 Å². The van der Waals surface area contributed by atoms with Crippen molar-refractivity contribution in [2.24, 2.45) is 11.1 Å². The summed E-state index contributed by atoms with van der Waals surface area (Å²) in [5, 5.41) is 18.6. The first kappa shape index (κ1) is 24.1. The first-order valence-corrected chi connectivity index (χ1v) is 11.9. The molecule has 1 atom stereocenters. The van der Waals surface area contributed by atoms with E-state index < -0.39 is 6.23 Å². The average molecular weight is 524 g/mol. The van der Waals surface area contributed by atoms with Gasteiger partial charge in [-0.05, 0) is 17.5 Å². The van der Waals surface area contributed by atoms with Crippen molar-refractivity contribution in [2.45, 2.75) is 20.1 Å². The van der Waals surface area contributed by atoms with Crippen molar-refractivity contribution in [3.05, 3.63) is 58.0 Å². The monoisotopic (exact) mass is 523 g/mol. The van der Waals surface area contributed by atoms with E-state index in [-0.39, 0.29) is 5.41 Å². The van der Waals surface area contributed by atoms with E-state index in [9.17, 15) is 5.26 Å². The quantitative estimate of drug-likeness (QED) is 0.334. The molecule has 0 aliphatic carbocycles. The maximum atomic E-state index is 9.80. The SMILES string of the molecule is COc1cc2[nH]nc(-c3cnc(N4CC(C)(C)C4)c(C#N)c3)c2cc1O[C@H](N)c1c(Cl)cncc1Cl. The summed E-state index contributed by atoms with van der Waals surface area (Å²) in [6.45, 7) is 6.09. The van der Waals surface area contributed by atoms with Gasteiger partial charge in [-0.2, -0.15) is 10.4 Å². The van der Waals surface area contributed by atoms with Crippen LogP contribution in [0.3, 0.4) is 0 Å². The van der Waals surface area contributed by atoms with Gasteiger partial charge in [0, 0.05) is 54.3 Å². The number of nitrogens with two attached hydrogens (primary N) is 1. The van der Waals surface area contributed by atoms with Gasteiger partial charge >= 0.3 is 0 Å². The number of halogens is 2. The van der Waals surface area contributed by atoms with Crippen LogP contribution in [0.25, 0.3) is 22.2 Å². The van der Waals surface area contributed by atoms with Crippen molar-refractivity contribution in [2.75, 3.05) is 25.1 Å². The minimum atomic E-state index is -0.971. The highest BCUT2D eigenvalue weighted by Crippen LogP contribution is 2.40. The zero-order chi connectivity index (χ0) is 25.6. The van der Waals surface area contributed by atoms with E-state index in [4.69, 9.17) is 38.4 Å². The maximum Gasteiger partial charge on any atom is 0.177 e. The minimum Gasteiger partial charge on any atom is -0.493 e. The molecule has 0 bridgehead atoms. The molecule has 0 amide bonds. The maximum absolute atomic E-state index is 9.80. The number of aromatic nitrogens is 4. The Morgan fingerprint density at radius 1 is 1.14 bits per heavy atom. The Balaban J connectivity index is 1.52. The van der Waals surface area contributed by atoms with Crippen LogP contribution in [0.1, 0.15) is 31.2 Å². The lowest BCUT2D eigenvalue weighted by atomic mass is 9.84. The first-order valence-electron chi connectivity index (χ1n) is 11.1. The smallest absolute Gasteiger partial charge is 0.177 e. The van der Waals surface area contributed by atoms with E-state index in [0.29, 0.717) is 49.7 Å². The first-order chi connectivity index (χ1) is 17.2. The fourth-order valence-corrected chi connectivity index (χ4v) is 5.02. The van der Waals surface area contributed by atoms with Gasteiger partial charge in [-0.25, -0.2) is 4.98 Å². The number of nitrogens with zero attached hydrogens (tertiary/aromatic N) is 5. The van der Waals surface area contributed by atoms with Crippen LogP contribution in [0, 0.1) is 16.7 Å². The second-order valence-electron chi connectivity index (χ2n) is 9.40. The molecule has 0 radical (unpaired) electrons. The lowest BCUT2D eigenvalue weighted by Crippen LogP contribution is -2.53. The van der Waals surface area contributed by atoms with E-state index in [1.165, 1.54) is 19.5 Å². The average Bonchev–Trinajstić information content (AvgIpc) is 3.24. The van der Waals surface area contributed by atoms with Crippen LogP contribution in [0.5, 0.6) is 11.5 Å². The van der Waals surface area contributed by atoms with Gasteiger partial charge in [-0.3, -0.25) is 15.8 Å². The number of fused-ring (bicyclic) bond motifs is 1. The summed E-state index contributed by atoms with van der Waals surface area (Å²) in [6, 6.07) is 7.61. The molecule has 1 aromatic carbocycles. The Morgan fingerprint density at radius 3 is 2.50 bits per heavy atom. The van der Waals surface area contributed by atoms with Crippen LogP contribution in [0.2, 0.25) is 10.0 Å². The second kappa shape index (κ2) is 9.13. The number of anilines is 1. The molecule has 1 aliphatic heterocycles. The molecule has 1 saturated heterocycles. The number of hydrogen-bond donors (Lipinski definition) is 2. The highest BCUT2D eigenvalue weighted by Gasteiger charge is 2.36. The van der Waals surface area contributed by atoms with Crippen molar-refractivity contribution in [1.82, 2.24) is 20.2 Å². The van der Waals surface area contributed by atoms with Crippen LogP contribution < -0.4 is 20.1 Å². The van der Waals surface area contributed by atoms with Crippen molar-refractivity contribution in [1.29, 1.82) is 5.26 Å². The third kappa shape index (κ3) is 4.28. The van der Waals surface area contributed by atoms with E-state index in [2.05, 4.69) is 45.0 Å². The van der Waals surface area contributed by atoms with Crippen molar-refractivity contribution in [3.8, 4) is 28.8 Å². The molecule has 5 rings (SSSR count). The van der Waals surface area contributed by atoms with E-state index >= 15 is 0 Å². The Bertz CT molecular complexity index is 1480. The number of pyridine rings is 2. The van der Waals surface area contributed by atoms with Crippen LogP contribution in [0.15, 0.2) is 36.8 Å². The number of benzene rings is 1. The number of methoxy groups -OCH3 is 1. The predicted molar refractivity (Wildman–Crippen MR) is 138 cm³/mol. The molecule has 1 aliphatic rings. The summed E-state index contributed by atoms with van der Waals surface area (Å²) < 4.78 is 11.5. The summed E-state index contributed by atoms with van der Waals surface area (Å²) in [5.74, 6) is 1.50. The lowest BCUT2D eigenvalue weighted by molar-refractivity contribution is 0.204. The molecule has 0 saturated carbocycles. The molecule has 184 valence electrons. The van der Waals surface area contributed by atoms with Gasteiger partial charge in [-0.15, -0.1) is 0 Å². The van der Waals surface area contributed by atoms with Crippen molar-refractivity contribution >= 4 is 39.9 Å². The van der Waals surface area contributed by atoms with Crippen LogP contribution >= 0.6 is 23.2 Å². The van der Waals surface area contributed by atoms with Gasteiger partial charge in [0.15, 0.2) is 17.7 Å². The zero-order valence-corrected chi connectivity index (χ0v) is 21.4. The predicted octanol–water partition coefficient (Wildman–Crippen LogP) is 5.09. The molecule has 3 aromatic heterocycles. The molecule has 4 aromatic rings. The normalized spacial score (nSPS) is 15.3. The van der Waals surface area contributed by atoms with Crippen LogP contribution in [-0.2, 0) is 0 Å². The van der Waals surface area contributed by atoms with E-state index in [1.807, 2.05) is 0 Å². The molecule has 4 heterocycles. The van der Waals surface area contributed by atoms with Crippen LogP contribution in [-0.4, -0.2) is 40.4 Å². The molecule has 1 fully saturated rings. The largest absolute Gasteiger partial charge is 0.493 e. The Labute approximate surface area is 217 Å². The fourth-order valence-electron chi connectivity index (χ4n) is 4.44. The number of H-pyrrole nitrogens is 1. The van der Waals surface area contributed by atoms with Gasteiger partial charge in [0.2, 0.25) is 0 Å². The minimum absolute atomic E-state index is 0.215. The summed E-state index contributed by atoms with van der Waals surface area (Å²) in [5.41, 5.74) is 9.44. The molecule has 3 N–H and O–H groups in total. The summed E-state index contributed by atoms with van der Waals surface area (Å²) >= 11 is 12.5. The number of nitrogens with one attached hydrogen (secondary N) is 1. The second-order valence-corrected chi connectivity index (χ2v) is 10.2. The number of nitriles is 1. The fraction of sp³-hybridized carbons (Fsp3) is 0.280. The number of rotatable bonds is 6. The lowest BCUT2D eigenvalue weighted by Gasteiger charge is -2.46. The molecular weight excluding hydrogens is 501 g/mol. The number of ether oxygens (including phenoxy) is 2. The number of hydrogen-bond acceptors (Lipinski definition) is 8. The Hall–Kier alpha value is -3.58. The molecule has 0 spiro atoms. The summed E-state index contributed by atoms with van der Waals surface area (Å²) in [6.07, 6.45) is 3.65. The summed E-state index contributed by atoms with van der Waals surface area (Å²) in [7, 11) is 1.53. The molecule has 36 heavy (non-hydrogen) atoms. The topological polar surface area (TPSA) is 126 Å². The van der Waals surface area contributed by atoms with Gasteiger partial charge in [0.25, 0.3) is 0 Å². The molecule has 9 nitrogen and oxygen atoms in total. The van der Waals surface area contributed by atoms with Gasteiger partial charge in [0.1, 0.15) is 17.6 Å². The Morgan fingerprint density at radius 2 is 1.86 bits per heavy atom. The third-order valence-electron chi connectivity index (χ3n) is 6.07. The highest BCUT2D eigenvalue weighted by molar-refractivity contribution is 6.35. The molecular formula is C25H23Cl2N7O2. The van der Waals surface area contributed by atoms with Gasteiger partial charge in [0.05, 0.1) is 28.2 Å². The Kier molecular flexibility index (Phi) is 6.12. The van der Waals surface area contributed by atoms with Gasteiger partial charge < -0.3 is 14.4 Å². The zero-order valence-electron chi connectivity index (χ0n) is 19.8. The van der Waals surface area contributed by atoms with E-state index in [1.54, 1.807) is 24.4 Å². The van der Waals surface area contributed by atoms with Crippen molar-refractivity contribution in [3.63, 3.8) is 0 Å². The third-order valence-corrected chi connectivity index (χ3v) is 6.68. The molecule has 0 unspecified atom stereocenters. The molecule has 11 heteroatoms. The van der Waals surface area contributed by atoms with Crippen LogP contribution in [0.4, 0.5) is 5.82 Å². The standard InChI is InChI=1S/C25H23Cl2N7O2/c1-25(2)11-34(12-25)24-13(7-28)4-14(8-31-24)22-15-5-20(19(35-3)6-18(15)32-33-22)36-23(29)21-16(26)9-30-10-17(21)27/h4-6,8-10,23H,11-12,29H2,1-3H3,(H,32,33)/t23-/m0/s1. The summed E-state index contributed by atoms with van der Waals surface area (Å²) in [4.78, 5) is 10.7.